The summed E-state index contributed by atoms with van der Waals surface area (Å²) in [7, 11) is 0. The fraction of sp³-hybridized carbons (Fsp3) is 0.263. The largest absolute Gasteiger partial charge is 0.508 e. The molecule has 3 aromatic rings. The first-order chi connectivity index (χ1) is 13.6. The van der Waals surface area contributed by atoms with Gasteiger partial charge in [0.1, 0.15) is 18.0 Å². The number of ether oxygens (including phenoxy) is 1. The summed E-state index contributed by atoms with van der Waals surface area (Å²) in [5.41, 5.74) is 2.57. The van der Waals surface area contributed by atoms with Crippen molar-refractivity contribution in [2.24, 2.45) is 0 Å². The molecule has 1 aromatic carbocycles. The zero-order valence-corrected chi connectivity index (χ0v) is 15.6. The van der Waals surface area contributed by atoms with E-state index in [0.29, 0.717) is 40.1 Å². The second-order valence-electron chi connectivity index (χ2n) is 6.42. The van der Waals surface area contributed by atoms with Crippen LogP contribution in [0.25, 0.3) is 22.5 Å². The van der Waals surface area contributed by atoms with E-state index >= 15 is 0 Å². The highest BCUT2D eigenvalue weighted by molar-refractivity contribution is 6.31. The summed E-state index contributed by atoms with van der Waals surface area (Å²) in [5.74, 6) is 0.537. The van der Waals surface area contributed by atoms with Gasteiger partial charge in [-0.15, -0.1) is 0 Å². The Balaban J connectivity index is 1.75. The van der Waals surface area contributed by atoms with Crippen LogP contribution in [0.15, 0.2) is 36.7 Å². The standard InChI is InChI=1S/C19H17ClN6O2/c20-13-7-12(8-15(27)9-13)18-16(10-26(25-18)5-3-21)17-1-4-22-19(24-17)23-14-2-6-28-11-14/h1,4,7-10,14,27H,2,5-6,11H2,(H,22,23,24). The maximum Gasteiger partial charge on any atom is 0.223 e. The van der Waals surface area contributed by atoms with Crippen LogP contribution in [-0.2, 0) is 11.3 Å². The van der Waals surface area contributed by atoms with Gasteiger partial charge >= 0.3 is 0 Å². The molecule has 2 N–H and O–H groups in total. The summed E-state index contributed by atoms with van der Waals surface area (Å²) in [6.07, 6.45) is 4.32. The summed E-state index contributed by atoms with van der Waals surface area (Å²) in [5, 5.41) is 27.1. The minimum Gasteiger partial charge on any atom is -0.508 e. The average Bonchev–Trinajstić information content (AvgIpc) is 3.31. The van der Waals surface area contributed by atoms with Crippen LogP contribution in [0.2, 0.25) is 5.02 Å². The van der Waals surface area contributed by atoms with Gasteiger partial charge in [-0.25, -0.2) is 9.97 Å². The van der Waals surface area contributed by atoms with Crippen LogP contribution in [0.4, 0.5) is 5.95 Å². The maximum absolute atomic E-state index is 9.91. The Morgan fingerprint density at radius 3 is 3.04 bits per heavy atom. The third kappa shape index (κ3) is 3.91. The lowest BCUT2D eigenvalue weighted by atomic mass is 10.1. The van der Waals surface area contributed by atoms with Gasteiger partial charge in [0.05, 0.1) is 24.4 Å². The molecule has 3 heterocycles. The molecule has 4 rings (SSSR count). The molecule has 2 aromatic heterocycles. The lowest BCUT2D eigenvalue weighted by Crippen LogP contribution is -2.20. The van der Waals surface area contributed by atoms with Crippen LogP contribution < -0.4 is 5.32 Å². The second-order valence-corrected chi connectivity index (χ2v) is 6.85. The average molecular weight is 397 g/mol. The number of phenolic OH excluding ortho intramolecular Hbond substituents is 1. The molecule has 1 unspecified atom stereocenters. The maximum atomic E-state index is 9.91. The van der Waals surface area contributed by atoms with E-state index in [2.05, 4.69) is 26.5 Å². The number of nitriles is 1. The van der Waals surface area contributed by atoms with Gasteiger partial charge < -0.3 is 15.2 Å². The van der Waals surface area contributed by atoms with Gasteiger partial charge in [-0.1, -0.05) is 11.6 Å². The quantitative estimate of drug-likeness (QED) is 0.681. The predicted octanol–water partition coefficient (Wildman–Crippen LogP) is 3.09. The van der Waals surface area contributed by atoms with Crippen molar-refractivity contribution in [1.82, 2.24) is 19.7 Å². The second kappa shape index (κ2) is 7.84. The van der Waals surface area contributed by atoms with Crippen LogP contribution >= 0.6 is 11.6 Å². The Morgan fingerprint density at radius 2 is 2.29 bits per heavy atom. The SMILES string of the molecule is N#CCn1cc(-c2ccnc(NC3CCOC3)n2)c(-c2cc(O)cc(Cl)c2)n1. The van der Waals surface area contributed by atoms with Crippen LogP contribution in [0.5, 0.6) is 5.75 Å². The molecular weight excluding hydrogens is 380 g/mol. The zero-order chi connectivity index (χ0) is 19.5. The Bertz CT molecular complexity index is 1020. The van der Waals surface area contributed by atoms with Crippen molar-refractivity contribution < 1.29 is 9.84 Å². The number of anilines is 1. The van der Waals surface area contributed by atoms with Crippen molar-refractivity contribution in [1.29, 1.82) is 5.26 Å². The molecule has 1 aliphatic rings. The Labute approximate surface area is 166 Å². The number of hydrogen-bond donors (Lipinski definition) is 2. The number of nitrogens with one attached hydrogen (secondary N) is 1. The Kier molecular flexibility index (Phi) is 5.10. The zero-order valence-electron chi connectivity index (χ0n) is 14.8. The van der Waals surface area contributed by atoms with Gasteiger partial charge in [0, 0.05) is 35.2 Å². The van der Waals surface area contributed by atoms with E-state index in [1.807, 2.05) is 0 Å². The molecular formula is C19H17ClN6O2. The van der Waals surface area contributed by atoms with Gasteiger partial charge in [0.15, 0.2) is 0 Å². The highest BCUT2D eigenvalue weighted by Gasteiger charge is 2.19. The lowest BCUT2D eigenvalue weighted by Gasteiger charge is -2.11. The monoisotopic (exact) mass is 396 g/mol. The normalized spacial score (nSPS) is 16.1. The van der Waals surface area contributed by atoms with Crippen molar-refractivity contribution in [2.45, 2.75) is 19.0 Å². The molecule has 0 saturated carbocycles. The molecule has 142 valence electrons. The molecule has 1 atom stereocenters. The number of aromatic nitrogens is 4. The van der Waals surface area contributed by atoms with Crippen LogP contribution in [-0.4, -0.2) is 44.1 Å². The van der Waals surface area contributed by atoms with E-state index in [9.17, 15) is 5.11 Å². The number of phenols is 1. The highest BCUT2D eigenvalue weighted by atomic mass is 35.5. The first kappa shape index (κ1) is 18.2. The molecule has 8 nitrogen and oxygen atoms in total. The summed E-state index contributed by atoms with van der Waals surface area (Å²) in [6.45, 7) is 1.44. The fourth-order valence-electron chi connectivity index (χ4n) is 3.10. The molecule has 1 fully saturated rings. The van der Waals surface area contributed by atoms with E-state index in [0.717, 1.165) is 13.0 Å². The number of hydrogen-bond acceptors (Lipinski definition) is 7. The minimum absolute atomic E-state index is 0.0366. The summed E-state index contributed by atoms with van der Waals surface area (Å²) >= 11 is 6.09. The lowest BCUT2D eigenvalue weighted by molar-refractivity contribution is 0.195. The number of rotatable bonds is 5. The first-order valence-corrected chi connectivity index (χ1v) is 9.12. The molecule has 0 aliphatic carbocycles. The molecule has 0 radical (unpaired) electrons. The minimum atomic E-state index is 0.0366. The Morgan fingerprint density at radius 1 is 1.39 bits per heavy atom. The highest BCUT2D eigenvalue weighted by Crippen LogP contribution is 2.34. The van der Waals surface area contributed by atoms with Crippen LogP contribution in [0, 0.1) is 11.3 Å². The van der Waals surface area contributed by atoms with Crippen molar-refractivity contribution >= 4 is 17.5 Å². The van der Waals surface area contributed by atoms with Crippen molar-refractivity contribution in [2.75, 3.05) is 18.5 Å². The molecule has 0 spiro atoms. The molecule has 0 bridgehead atoms. The molecule has 28 heavy (non-hydrogen) atoms. The molecule has 1 saturated heterocycles. The van der Waals surface area contributed by atoms with Gasteiger partial charge in [-0.2, -0.15) is 10.4 Å². The summed E-state index contributed by atoms with van der Waals surface area (Å²) in [6, 6.07) is 8.77. The van der Waals surface area contributed by atoms with Gasteiger partial charge in [-0.05, 0) is 30.7 Å². The predicted molar refractivity (Wildman–Crippen MR) is 104 cm³/mol. The topological polar surface area (TPSA) is 109 Å². The summed E-state index contributed by atoms with van der Waals surface area (Å²) < 4.78 is 6.91. The van der Waals surface area contributed by atoms with E-state index in [1.54, 1.807) is 30.6 Å². The van der Waals surface area contributed by atoms with Gasteiger partial charge in [0.25, 0.3) is 0 Å². The van der Waals surface area contributed by atoms with Crippen molar-refractivity contribution in [3.05, 3.63) is 41.7 Å². The van der Waals surface area contributed by atoms with Gasteiger partial charge in [-0.3, -0.25) is 4.68 Å². The Hall–Kier alpha value is -3.15. The number of benzene rings is 1. The summed E-state index contributed by atoms with van der Waals surface area (Å²) in [4.78, 5) is 8.89. The van der Waals surface area contributed by atoms with E-state index in [1.165, 1.54) is 10.7 Å². The number of aromatic hydroxyl groups is 1. The molecule has 0 amide bonds. The van der Waals surface area contributed by atoms with Crippen LogP contribution in [0.1, 0.15) is 6.42 Å². The van der Waals surface area contributed by atoms with E-state index in [4.69, 9.17) is 21.6 Å². The van der Waals surface area contributed by atoms with Gasteiger partial charge in [0.2, 0.25) is 5.95 Å². The third-order valence-electron chi connectivity index (χ3n) is 4.34. The van der Waals surface area contributed by atoms with E-state index in [-0.39, 0.29) is 18.3 Å². The third-order valence-corrected chi connectivity index (χ3v) is 4.56. The first-order valence-electron chi connectivity index (χ1n) is 8.74. The fourth-order valence-corrected chi connectivity index (χ4v) is 3.32. The smallest absolute Gasteiger partial charge is 0.223 e. The van der Waals surface area contributed by atoms with Crippen molar-refractivity contribution in [3.63, 3.8) is 0 Å². The van der Waals surface area contributed by atoms with E-state index < -0.39 is 0 Å². The molecule has 9 heteroatoms. The number of halogens is 1. The molecule has 1 aliphatic heterocycles. The van der Waals surface area contributed by atoms with Crippen LogP contribution in [0.3, 0.4) is 0 Å². The number of nitrogens with zero attached hydrogens (tertiary/aromatic N) is 5. The van der Waals surface area contributed by atoms with Crippen molar-refractivity contribution in [3.8, 4) is 34.3 Å².